The first-order chi connectivity index (χ1) is 6.66. The maximum Gasteiger partial charge on any atom is 0.160 e. The summed E-state index contributed by atoms with van der Waals surface area (Å²) >= 11 is 12.5. The van der Waals surface area contributed by atoms with Crippen LogP contribution in [-0.2, 0) is 0 Å². The Balaban J connectivity index is 2.29. The largest absolute Gasteiger partial charge is 0.238 e. The van der Waals surface area contributed by atoms with Gasteiger partial charge in [0.1, 0.15) is 0 Å². The molecule has 1 heterocycles. The highest BCUT2D eigenvalue weighted by Gasteiger charge is 2.23. The van der Waals surface area contributed by atoms with Gasteiger partial charge in [-0.2, -0.15) is 0 Å². The standard InChI is InChI=1S/C10H8ClNS2/c1-6-9(14-10(13)12-6)7-2-4-8(11)5-3-7/h2-5,9H,1H3. The molecule has 1 aliphatic rings. The minimum atomic E-state index is 0.278. The van der Waals surface area contributed by atoms with Gasteiger partial charge < -0.3 is 0 Å². The maximum atomic E-state index is 5.82. The minimum Gasteiger partial charge on any atom is -0.238 e. The second-order valence-electron chi connectivity index (χ2n) is 3.07. The molecular weight excluding hydrogens is 234 g/mol. The van der Waals surface area contributed by atoms with Crippen LogP contribution in [0.5, 0.6) is 0 Å². The van der Waals surface area contributed by atoms with Crippen LogP contribution in [0.25, 0.3) is 0 Å². The number of nitrogens with zero attached hydrogens (tertiary/aromatic N) is 1. The van der Waals surface area contributed by atoms with Crippen molar-refractivity contribution in [2.75, 3.05) is 0 Å². The Morgan fingerprint density at radius 2 is 2.00 bits per heavy atom. The number of thiocarbonyl (C=S) groups is 1. The van der Waals surface area contributed by atoms with E-state index in [-0.39, 0.29) is 5.25 Å². The number of halogens is 1. The van der Waals surface area contributed by atoms with Gasteiger partial charge in [0.15, 0.2) is 4.32 Å². The quantitative estimate of drug-likeness (QED) is 0.692. The summed E-state index contributed by atoms with van der Waals surface area (Å²) in [5.74, 6) is 0. The number of benzene rings is 1. The Bertz CT molecular complexity index is 397. The van der Waals surface area contributed by atoms with Crippen LogP contribution in [0.3, 0.4) is 0 Å². The van der Waals surface area contributed by atoms with Gasteiger partial charge in [-0.25, -0.2) is 4.99 Å². The zero-order valence-corrected chi connectivity index (χ0v) is 9.92. The van der Waals surface area contributed by atoms with Gasteiger partial charge in [-0.05, 0) is 24.6 Å². The molecule has 0 radical (unpaired) electrons. The van der Waals surface area contributed by atoms with Crippen molar-refractivity contribution < 1.29 is 0 Å². The second-order valence-corrected chi connectivity index (χ2v) is 5.24. The van der Waals surface area contributed by atoms with E-state index in [1.54, 1.807) is 11.8 Å². The van der Waals surface area contributed by atoms with Gasteiger partial charge in [-0.1, -0.05) is 47.7 Å². The van der Waals surface area contributed by atoms with Gasteiger partial charge in [-0.15, -0.1) is 0 Å². The molecule has 1 nitrogen and oxygen atoms in total. The summed E-state index contributed by atoms with van der Waals surface area (Å²) in [4.78, 5) is 4.25. The first-order valence-corrected chi connectivity index (χ1v) is 5.84. The fourth-order valence-corrected chi connectivity index (χ4v) is 2.84. The van der Waals surface area contributed by atoms with E-state index in [1.807, 2.05) is 31.2 Å². The molecule has 0 aromatic heterocycles. The number of aliphatic imine (C=N–C) groups is 1. The highest BCUT2D eigenvalue weighted by Crippen LogP contribution is 2.37. The lowest BCUT2D eigenvalue weighted by Gasteiger charge is -2.08. The van der Waals surface area contributed by atoms with Crippen LogP contribution in [0.15, 0.2) is 29.3 Å². The predicted molar refractivity (Wildman–Crippen MR) is 67.5 cm³/mol. The molecule has 1 aromatic carbocycles. The van der Waals surface area contributed by atoms with Gasteiger partial charge in [0.05, 0.1) is 5.25 Å². The van der Waals surface area contributed by atoms with E-state index in [9.17, 15) is 0 Å². The van der Waals surface area contributed by atoms with Crippen molar-refractivity contribution in [1.82, 2.24) is 0 Å². The molecule has 0 N–H and O–H groups in total. The van der Waals surface area contributed by atoms with Crippen molar-refractivity contribution in [3.8, 4) is 0 Å². The Morgan fingerprint density at radius 3 is 2.50 bits per heavy atom. The summed E-state index contributed by atoms with van der Waals surface area (Å²) in [5.41, 5.74) is 2.28. The maximum absolute atomic E-state index is 5.82. The fourth-order valence-electron chi connectivity index (χ4n) is 1.36. The molecule has 14 heavy (non-hydrogen) atoms. The minimum absolute atomic E-state index is 0.278. The van der Waals surface area contributed by atoms with Crippen molar-refractivity contribution in [3.63, 3.8) is 0 Å². The van der Waals surface area contributed by atoms with Gasteiger partial charge in [0, 0.05) is 10.7 Å². The fraction of sp³-hybridized carbons (Fsp3) is 0.200. The van der Waals surface area contributed by atoms with E-state index in [1.165, 1.54) is 5.56 Å². The molecule has 1 aromatic rings. The summed E-state index contributed by atoms with van der Waals surface area (Å²) < 4.78 is 0.724. The molecule has 2 rings (SSSR count). The summed E-state index contributed by atoms with van der Waals surface area (Å²) in [5, 5.41) is 1.04. The van der Waals surface area contributed by atoms with Crippen molar-refractivity contribution in [2.24, 2.45) is 4.99 Å². The van der Waals surface area contributed by atoms with Crippen LogP contribution in [0.2, 0.25) is 5.02 Å². The average molecular weight is 242 g/mol. The topological polar surface area (TPSA) is 12.4 Å². The lowest BCUT2D eigenvalue weighted by atomic mass is 10.1. The molecule has 0 bridgehead atoms. The molecule has 0 saturated carbocycles. The van der Waals surface area contributed by atoms with E-state index < -0.39 is 0 Å². The summed E-state index contributed by atoms with van der Waals surface area (Å²) in [6.45, 7) is 2.01. The zero-order chi connectivity index (χ0) is 10.1. The molecule has 1 aliphatic heterocycles. The molecule has 0 fully saturated rings. The van der Waals surface area contributed by atoms with Crippen LogP contribution in [0.4, 0.5) is 0 Å². The van der Waals surface area contributed by atoms with Crippen molar-refractivity contribution in [1.29, 1.82) is 0 Å². The monoisotopic (exact) mass is 241 g/mol. The van der Waals surface area contributed by atoms with Gasteiger partial charge in [0.25, 0.3) is 0 Å². The lowest BCUT2D eigenvalue weighted by Crippen LogP contribution is -1.99. The van der Waals surface area contributed by atoms with Crippen molar-refractivity contribution in [3.05, 3.63) is 34.9 Å². The summed E-state index contributed by atoms with van der Waals surface area (Å²) in [6.07, 6.45) is 0. The molecule has 1 unspecified atom stereocenters. The normalized spacial score (nSPS) is 21.1. The van der Waals surface area contributed by atoms with Crippen LogP contribution in [0.1, 0.15) is 17.7 Å². The molecule has 72 valence electrons. The molecule has 0 amide bonds. The van der Waals surface area contributed by atoms with Crippen molar-refractivity contribution >= 4 is 45.6 Å². The van der Waals surface area contributed by atoms with Crippen LogP contribution in [0, 0.1) is 0 Å². The number of hydrogen-bond donors (Lipinski definition) is 0. The molecule has 1 atom stereocenters. The summed E-state index contributed by atoms with van der Waals surface area (Å²) in [6, 6.07) is 7.83. The van der Waals surface area contributed by atoms with Gasteiger partial charge in [-0.3, -0.25) is 0 Å². The zero-order valence-electron chi connectivity index (χ0n) is 7.53. The third-order valence-electron chi connectivity index (χ3n) is 2.04. The van der Waals surface area contributed by atoms with Crippen LogP contribution >= 0.6 is 35.6 Å². The van der Waals surface area contributed by atoms with E-state index >= 15 is 0 Å². The Kier molecular flexibility index (Phi) is 2.91. The molecule has 0 aliphatic carbocycles. The lowest BCUT2D eigenvalue weighted by molar-refractivity contribution is 1.29. The Morgan fingerprint density at radius 1 is 1.36 bits per heavy atom. The number of hydrogen-bond acceptors (Lipinski definition) is 2. The number of thioether (sulfide) groups is 1. The Labute approximate surface area is 97.6 Å². The molecule has 0 spiro atoms. The highest BCUT2D eigenvalue weighted by molar-refractivity contribution is 8.24. The molecule has 4 heteroatoms. The van der Waals surface area contributed by atoms with Gasteiger partial charge >= 0.3 is 0 Å². The van der Waals surface area contributed by atoms with Gasteiger partial charge in [0.2, 0.25) is 0 Å². The van der Waals surface area contributed by atoms with E-state index in [0.717, 1.165) is 15.1 Å². The second kappa shape index (κ2) is 4.01. The highest BCUT2D eigenvalue weighted by atomic mass is 35.5. The summed E-state index contributed by atoms with van der Waals surface area (Å²) in [7, 11) is 0. The predicted octanol–water partition coefficient (Wildman–Crippen LogP) is 3.87. The molecular formula is C10H8ClNS2. The van der Waals surface area contributed by atoms with E-state index in [2.05, 4.69) is 4.99 Å². The first kappa shape index (κ1) is 10.1. The van der Waals surface area contributed by atoms with Crippen molar-refractivity contribution in [2.45, 2.75) is 12.2 Å². The SMILES string of the molecule is CC1=NC(=S)SC1c1ccc(Cl)cc1. The van der Waals surface area contributed by atoms with E-state index in [0.29, 0.717) is 0 Å². The van der Waals surface area contributed by atoms with Crippen LogP contribution < -0.4 is 0 Å². The average Bonchev–Trinajstić information content (AvgIpc) is 2.47. The smallest absolute Gasteiger partial charge is 0.160 e. The van der Waals surface area contributed by atoms with E-state index in [4.69, 9.17) is 23.8 Å². The Hall–Kier alpha value is -0.380. The third-order valence-corrected chi connectivity index (χ3v) is 3.81. The number of rotatable bonds is 1. The molecule has 0 saturated heterocycles. The van der Waals surface area contributed by atoms with Crippen LogP contribution in [-0.4, -0.2) is 10.0 Å². The first-order valence-electron chi connectivity index (χ1n) is 4.18. The third kappa shape index (κ3) is 2.00.